The lowest BCUT2D eigenvalue weighted by Crippen LogP contribution is -2.08. The van der Waals surface area contributed by atoms with E-state index in [0.29, 0.717) is 5.92 Å². The number of hydrogen-bond donors (Lipinski definition) is 1. The molecule has 1 aliphatic rings. The third kappa shape index (κ3) is 2.97. The van der Waals surface area contributed by atoms with Gasteiger partial charge in [-0.25, -0.2) is 0 Å². The van der Waals surface area contributed by atoms with Gasteiger partial charge in [-0.05, 0) is 50.2 Å². The minimum Gasteiger partial charge on any atom is -0.393 e. The van der Waals surface area contributed by atoms with Gasteiger partial charge in [-0.3, -0.25) is 0 Å². The van der Waals surface area contributed by atoms with Gasteiger partial charge in [-0.2, -0.15) is 0 Å². The second-order valence-corrected chi connectivity index (χ2v) is 5.80. The lowest BCUT2D eigenvalue weighted by atomic mass is 10.1. The van der Waals surface area contributed by atoms with Crippen LogP contribution in [0.4, 0.5) is 0 Å². The summed E-state index contributed by atoms with van der Waals surface area (Å²) in [6.07, 6.45) is 5.49. The zero-order chi connectivity index (χ0) is 9.97. The molecule has 0 amide bonds. The van der Waals surface area contributed by atoms with E-state index in [9.17, 15) is 5.11 Å². The zero-order valence-electron chi connectivity index (χ0n) is 8.08. The van der Waals surface area contributed by atoms with E-state index in [0.717, 1.165) is 23.6 Å². The molecule has 0 saturated heterocycles. The molecule has 1 nitrogen and oxygen atoms in total. The molecule has 1 saturated carbocycles. The summed E-state index contributed by atoms with van der Waals surface area (Å²) >= 11 is 7.48. The number of aliphatic hydroxyl groups is 1. The number of halogens is 1. The highest BCUT2D eigenvalue weighted by molar-refractivity contribution is 7.16. The van der Waals surface area contributed by atoms with E-state index >= 15 is 0 Å². The summed E-state index contributed by atoms with van der Waals surface area (Å²) in [5.74, 6) is 0.613. The van der Waals surface area contributed by atoms with E-state index in [1.807, 2.05) is 6.07 Å². The van der Waals surface area contributed by atoms with Gasteiger partial charge in [0, 0.05) is 4.88 Å². The highest BCUT2D eigenvalue weighted by Crippen LogP contribution is 2.34. The van der Waals surface area contributed by atoms with Crippen LogP contribution < -0.4 is 0 Å². The summed E-state index contributed by atoms with van der Waals surface area (Å²) in [6.45, 7) is 0. The minimum absolute atomic E-state index is 0.0505. The summed E-state index contributed by atoms with van der Waals surface area (Å²) in [6, 6.07) is 4.02. The Morgan fingerprint density at radius 1 is 1.50 bits per heavy atom. The first-order valence-corrected chi connectivity index (χ1v) is 6.37. The monoisotopic (exact) mass is 230 g/mol. The fourth-order valence-corrected chi connectivity index (χ4v) is 2.82. The molecular formula is C11H15ClOS. The van der Waals surface area contributed by atoms with Gasteiger partial charge < -0.3 is 5.11 Å². The lowest BCUT2D eigenvalue weighted by molar-refractivity contribution is 0.139. The van der Waals surface area contributed by atoms with E-state index in [4.69, 9.17) is 11.6 Å². The molecule has 1 unspecified atom stereocenters. The van der Waals surface area contributed by atoms with Gasteiger partial charge in [0.2, 0.25) is 0 Å². The number of aliphatic hydroxyl groups excluding tert-OH is 1. The van der Waals surface area contributed by atoms with Crippen molar-refractivity contribution in [2.75, 3.05) is 0 Å². The van der Waals surface area contributed by atoms with E-state index in [1.54, 1.807) is 11.3 Å². The van der Waals surface area contributed by atoms with E-state index in [1.165, 1.54) is 17.7 Å². The molecule has 78 valence electrons. The van der Waals surface area contributed by atoms with Crippen molar-refractivity contribution in [3.63, 3.8) is 0 Å². The van der Waals surface area contributed by atoms with Crippen LogP contribution in [0.1, 0.15) is 30.6 Å². The SMILES string of the molecule is OC(CCCc1ccc(Cl)s1)C1CC1. The van der Waals surface area contributed by atoms with Crippen LogP contribution in [0.2, 0.25) is 4.34 Å². The molecule has 2 rings (SSSR count). The Morgan fingerprint density at radius 3 is 2.86 bits per heavy atom. The first kappa shape index (κ1) is 10.5. The number of hydrogen-bond acceptors (Lipinski definition) is 2. The summed E-state index contributed by atoms with van der Waals surface area (Å²) in [7, 11) is 0. The average molecular weight is 231 g/mol. The van der Waals surface area contributed by atoms with Crippen molar-refractivity contribution in [3.8, 4) is 0 Å². The first-order valence-electron chi connectivity index (χ1n) is 5.18. The first-order chi connectivity index (χ1) is 6.75. The van der Waals surface area contributed by atoms with E-state index < -0.39 is 0 Å². The molecule has 1 aliphatic carbocycles. The van der Waals surface area contributed by atoms with Crippen LogP contribution in [0.25, 0.3) is 0 Å². The van der Waals surface area contributed by atoms with Crippen molar-refractivity contribution in [1.82, 2.24) is 0 Å². The van der Waals surface area contributed by atoms with Gasteiger partial charge in [0.05, 0.1) is 10.4 Å². The number of aryl methyl sites for hydroxylation is 1. The highest BCUT2D eigenvalue weighted by atomic mass is 35.5. The molecule has 1 atom stereocenters. The Morgan fingerprint density at radius 2 is 2.29 bits per heavy atom. The summed E-state index contributed by atoms with van der Waals surface area (Å²) in [4.78, 5) is 1.33. The Hall–Kier alpha value is -0.0500. The third-order valence-corrected chi connectivity index (χ3v) is 4.01. The summed E-state index contributed by atoms with van der Waals surface area (Å²) in [5.41, 5.74) is 0. The molecule has 0 bridgehead atoms. The molecule has 0 aromatic carbocycles. The molecule has 1 aromatic heterocycles. The molecule has 1 N–H and O–H groups in total. The van der Waals surface area contributed by atoms with E-state index in [2.05, 4.69) is 6.07 Å². The summed E-state index contributed by atoms with van der Waals surface area (Å²) < 4.78 is 0.864. The maximum Gasteiger partial charge on any atom is 0.0931 e. The van der Waals surface area contributed by atoms with Crippen molar-refractivity contribution in [2.45, 2.75) is 38.2 Å². The minimum atomic E-state index is -0.0505. The maximum atomic E-state index is 9.65. The maximum absolute atomic E-state index is 9.65. The van der Waals surface area contributed by atoms with Crippen LogP contribution in [-0.2, 0) is 6.42 Å². The molecule has 1 aromatic rings. The third-order valence-electron chi connectivity index (χ3n) is 2.72. The van der Waals surface area contributed by atoms with Gasteiger partial charge in [0.15, 0.2) is 0 Å². The normalized spacial score (nSPS) is 18.4. The molecule has 0 radical (unpaired) electrons. The van der Waals surface area contributed by atoms with Gasteiger partial charge in [-0.15, -0.1) is 11.3 Å². The topological polar surface area (TPSA) is 20.2 Å². The summed E-state index contributed by atoms with van der Waals surface area (Å²) in [5, 5.41) is 9.65. The number of thiophene rings is 1. The molecule has 0 aliphatic heterocycles. The Balaban J connectivity index is 1.67. The fourth-order valence-electron chi connectivity index (χ4n) is 1.69. The Labute approximate surface area is 93.7 Å². The fraction of sp³-hybridized carbons (Fsp3) is 0.636. The van der Waals surface area contributed by atoms with Crippen LogP contribution in [0.5, 0.6) is 0 Å². The Bertz CT molecular complexity index is 293. The lowest BCUT2D eigenvalue weighted by Gasteiger charge is -2.07. The quantitative estimate of drug-likeness (QED) is 0.821. The van der Waals surface area contributed by atoms with Crippen molar-refractivity contribution in [1.29, 1.82) is 0 Å². The van der Waals surface area contributed by atoms with Crippen molar-refractivity contribution < 1.29 is 5.11 Å². The van der Waals surface area contributed by atoms with Crippen LogP contribution in [-0.4, -0.2) is 11.2 Å². The van der Waals surface area contributed by atoms with Crippen LogP contribution in [0.15, 0.2) is 12.1 Å². The van der Waals surface area contributed by atoms with Crippen molar-refractivity contribution in [2.24, 2.45) is 5.92 Å². The zero-order valence-corrected chi connectivity index (χ0v) is 9.65. The van der Waals surface area contributed by atoms with Crippen LogP contribution >= 0.6 is 22.9 Å². The predicted molar refractivity (Wildman–Crippen MR) is 61.0 cm³/mol. The Kier molecular flexibility index (Phi) is 3.47. The smallest absolute Gasteiger partial charge is 0.0931 e. The molecule has 0 spiro atoms. The molecule has 14 heavy (non-hydrogen) atoms. The van der Waals surface area contributed by atoms with Crippen molar-refractivity contribution >= 4 is 22.9 Å². The van der Waals surface area contributed by atoms with Gasteiger partial charge >= 0.3 is 0 Å². The molecular weight excluding hydrogens is 216 g/mol. The molecule has 1 heterocycles. The van der Waals surface area contributed by atoms with Crippen LogP contribution in [0, 0.1) is 5.92 Å². The largest absolute Gasteiger partial charge is 0.393 e. The van der Waals surface area contributed by atoms with Gasteiger partial charge in [0.1, 0.15) is 0 Å². The number of rotatable bonds is 5. The van der Waals surface area contributed by atoms with Gasteiger partial charge in [0.25, 0.3) is 0 Å². The van der Waals surface area contributed by atoms with E-state index in [-0.39, 0.29) is 6.10 Å². The van der Waals surface area contributed by atoms with Crippen molar-refractivity contribution in [3.05, 3.63) is 21.3 Å². The predicted octanol–water partition coefficient (Wildman–Crippen LogP) is 3.50. The molecule has 1 fully saturated rings. The van der Waals surface area contributed by atoms with Gasteiger partial charge in [-0.1, -0.05) is 11.6 Å². The highest BCUT2D eigenvalue weighted by Gasteiger charge is 2.28. The standard InChI is InChI=1S/C11H15ClOS/c12-11-7-6-9(14-11)2-1-3-10(13)8-4-5-8/h6-8,10,13H,1-5H2. The molecule has 3 heteroatoms. The van der Waals surface area contributed by atoms with Crippen LogP contribution in [0.3, 0.4) is 0 Å². The second kappa shape index (κ2) is 4.65. The average Bonchev–Trinajstić information content (AvgIpc) is 2.92. The second-order valence-electron chi connectivity index (χ2n) is 4.00.